The van der Waals surface area contributed by atoms with Crippen molar-refractivity contribution in [2.24, 2.45) is 0 Å². The summed E-state index contributed by atoms with van der Waals surface area (Å²) < 4.78 is 6.95. The van der Waals surface area contributed by atoms with Crippen molar-refractivity contribution in [1.82, 2.24) is 24.4 Å². The predicted molar refractivity (Wildman–Crippen MR) is 93.8 cm³/mol. The van der Waals surface area contributed by atoms with Crippen LogP contribution >= 0.6 is 0 Å². The summed E-state index contributed by atoms with van der Waals surface area (Å²) in [6.07, 6.45) is 6.57. The molecule has 0 N–H and O–H groups in total. The van der Waals surface area contributed by atoms with Crippen LogP contribution in [0, 0.1) is 6.92 Å². The maximum Gasteiger partial charge on any atom is 0.260 e. The minimum Gasteiger partial charge on any atom is -0.378 e. The summed E-state index contributed by atoms with van der Waals surface area (Å²) in [7, 11) is 0. The lowest BCUT2D eigenvalue weighted by Gasteiger charge is -2.39. The Morgan fingerprint density at radius 3 is 2.73 bits per heavy atom. The molecule has 8 heteroatoms. The van der Waals surface area contributed by atoms with Crippen molar-refractivity contribution in [2.75, 3.05) is 32.8 Å². The molecule has 138 valence electrons. The predicted octanol–water partition coefficient (Wildman–Crippen LogP) is 0.891. The van der Waals surface area contributed by atoms with E-state index in [2.05, 4.69) is 10.1 Å². The van der Waals surface area contributed by atoms with Crippen molar-refractivity contribution < 1.29 is 14.3 Å². The molecule has 2 aromatic heterocycles. The highest BCUT2D eigenvalue weighted by Crippen LogP contribution is 2.33. The first-order chi connectivity index (χ1) is 12.5. The van der Waals surface area contributed by atoms with Gasteiger partial charge in [0.2, 0.25) is 5.91 Å². The van der Waals surface area contributed by atoms with Crippen LogP contribution in [0.4, 0.5) is 0 Å². The van der Waals surface area contributed by atoms with Crippen molar-refractivity contribution in [3.05, 3.63) is 29.7 Å². The monoisotopic (exact) mass is 357 g/mol. The number of fused-ring (bicyclic) bond motifs is 1. The molecule has 2 saturated heterocycles. The van der Waals surface area contributed by atoms with E-state index in [0.717, 1.165) is 12.0 Å². The Hall–Kier alpha value is -2.48. The van der Waals surface area contributed by atoms with Gasteiger partial charge in [0.25, 0.3) is 5.91 Å². The van der Waals surface area contributed by atoms with E-state index in [1.54, 1.807) is 21.8 Å². The van der Waals surface area contributed by atoms with Gasteiger partial charge in [-0.3, -0.25) is 9.59 Å². The molecule has 4 heterocycles. The quantitative estimate of drug-likeness (QED) is 0.797. The van der Waals surface area contributed by atoms with Gasteiger partial charge >= 0.3 is 0 Å². The summed E-state index contributed by atoms with van der Waals surface area (Å²) in [5, 5.41) is 4.25. The lowest BCUT2D eigenvalue weighted by molar-refractivity contribution is -0.144. The topological polar surface area (TPSA) is 80.0 Å². The number of nitrogens with zero attached hydrogens (tertiary/aromatic N) is 5. The van der Waals surface area contributed by atoms with Crippen molar-refractivity contribution >= 4 is 17.5 Å². The normalized spacial score (nSPS) is 23.6. The van der Waals surface area contributed by atoms with Crippen LogP contribution in [-0.2, 0) is 9.53 Å². The molecule has 1 unspecified atom stereocenters. The molecule has 2 aromatic rings. The zero-order chi connectivity index (χ0) is 18.3. The number of hydrogen-bond donors (Lipinski definition) is 0. The van der Waals surface area contributed by atoms with Crippen LogP contribution in [0.5, 0.6) is 0 Å². The number of ether oxygens (including phenoxy) is 1. The molecule has 0 aromatic carbocycles. The molecule has 1 atom stereocenters. The van der Waals surface area contributed by atoms with Crippen LogP contribution in [0.3, 0.4) is 0 Å². The van der Waals surface area contributed by atoms with Gasteiger partial charge in [0, 0.05) is 32.0 Å². The van der Waals surface area contributed by atoms with Crippen molar-refractivity contribution in [3.8, 4) is 0 Å². The molecule has 2 aliphatic rings. The van der Waals surface area contributed by atoms with Gasteiger partial charge < -0.3 is 14.5 Å². The molecule has 0 aliphatic carbocycles. The lowest BCUT2D eigenvalue weighted by atomic mass is 9.96. The van der Waals surface area contributed by atoms with Gasteiger partial charge in [-0.25, -0.2) is 9.50 Å². The van der Waals surface area contributed by atoms with Crippen LogP contribution in [0.25, 0.3) is 5.65 Å². The minimum atomic E-state index is -0.826. The van der Waals surface area contributed by atoms with Crippen LogP contribution in [0.2, 0.25) is 0 Å². The lowest BCUT2D eigenvalue weighted by Crippen LogP contribution is -2.58. The third-order valence-corrected chi connectivity index (χ3v) is 5.36. The molecule has 8 nitrogen and oxygen atoms in total. The van der Waals surface area contributed by atoms with Gasteiger partial charge in [-0.1, -0.05) is 0 Å². The van der Waals surface area contributed by atoms with E-state index < -0.39 is 5.54 Å². The van der Waals surface area contributed by atoms with E-state index in [4.69, 9.17) is 4.74 Å². The van der Waals surface area contributed by atoms with Gasteiger partial charge in [-0.05, 0) is 32.3 Å². The second-order valence-corrected chi connectivity index (χ2v) is 7.20. The molecule has 0 spiro atoms. The average molecular weight is 357 g/mol. The smallest absolute Gasteiger partial charge is 0.260 e. The number of amides is 2. The maximum atomic E-state index is 13.2. The SMILES string of the molecule is Cc1cnc2c(C(=O)N3CCCC3(C)C(=O)N3CCOCC3)cnn2c1. The highest BCUT2D eigenvalue weighted by molar-refractivity contribution is 6.03. The second kappa shape index (κ2) is 6.35. The summed E-state index contributed by atoms with van der Waals surface area (Å²) in [5.41, 5.74) is 1.10. The molecule has 2 amide bonds. The standard InChI is InChI=1S/C18H23N5O3/c1-13-10-19-15-14(11-20-23(15)12-13)16(24)22-5-3-4-18(22,2)17(25)21-6-8-26-9-7-21/h10-12H,3-9H2,1-2H3. The van der Waals surface area contributed by atoms with E-state index in [1.165, 1.54) is 0 Å². The zero-order valence-electron chi connectivity index (χ0n) is 15.1. The van der Waals surface area contributed by atoms with Crippen LogP contribution in [0.1, 0.15) is 35.7 Å². The number of likely N-dealkylation sites (tertiary alicyclic amines) is 1. The first kappa shape index (κ1) is 17.0. The molecular weight excluding hydrogens is 334 g/mol. The fourth-order valence-corrected chi connectivity index (χ4v) is 3.88. The second-order valence-electron chi connectivity index (χ2n) is 7.20. The number of aryl methyl sites for hydroxylation is 1. The summed E-state index contributed by atoms with van der Waals surface area (Å²) in [6, 6.07) is 0. The Morgan fingerprint density at radius 1 is 1.19 bits per heavy atom. The Labute approximate surface area is 151 Å². The van der Waals surface area contributed by atoms with E-state index in [0.29, 0.717) is 50.5 Å². The van der Waals surface area contributed by atoms with E-state index in [-0.39, 0.29) is 11.8 Å². The molecule has 0 radical (unpaired) electrons. The average Bonchev–Trinajstić information content (AvgIpc) is 3.25. The van der Waals surface area contributed by atoms with Crippen LogP contribution < -0.4 is 0 Å². The Balaban J connectivity index is 1.64. The molecule has 0 bridgehead atoms. The van der Waals surface area contributed by atoms with Gasteiger partial charge in [0.1, 0.15) is 11.1 Å². The molecule has 0 saturated carbocycles. The maximum absolute atomic E-state index is 13.2. The van der Waals surface area contributed by atoms with Crippen LogP contribution in [-0.4, -0.2) is 74.6 Å². The first-order valence-electron chi connectivity index (χ1n) is 9.00. The number of hydrogen-bond acceptors (Lipinski definition) is 5. The Morgan fingerprint density at radius 2 is 1.96 bits per heavy atom. The van der Waals surface area contributed by atoms with Crippen molar-refractivity contribution in [2.45, 2.75) is 32.2 Å². The molecular formula is C18H23N5O3. The van der Waals surface area contributed by atoms with Gasteiger partial charge in [-0.15, -0.1) is 0 Å². The summed E-state index contributed by atoms with van der Waals surface area (Å²) >= 11 is 0. The number of carbonyl (C=O) groups is 2. The van der Waals surface area contributed by atoms with E-state index in [9.17, 15) is 9.59 Å². The highest BCUT2D eigenvalue weighted by atomic mass is 16.5. The third-order valence-electron chi connectivity index (χ3n) is 5.36. The largest absolute Gasteiger partial charge is 0.378 e. The molecule has 2 fully saturated rings. The summed E-state index contributed by atoms with van der Waals surface area (Å²) in [4.78, 5) is 34.3. The fourth-order valence-electron chi connectivity index (χ4n) is 3.88. The van der Waals surface area contributed by atoms with E-state index in [1.807, 2.05) is 24.9 Å². The minimum absolute atomic E-state index is 0.00641. The molecule has 2 aliphatic heterocycles. The Kier molecular flexibility index (Phi) is 4.14. The summed E-state index contributed by atoms with van der Waals surface area (Å²) in [5.74, 6) is -0.176. The number of aromatic nitrogens is 3. The number of morpholine rings is 1. The van der Waals surface area contributed by atoms with Crippen molar-refractivity contribution in [1.29, 1.82) is 0 Å². The van der Waals surface area contributed by atoms with E-state index >= 15 is 0 Å². The zero-order valence-corrected chi connectivity index (χ0v) is 15.1. The fraction of sp³-hybridized carbons (Fsp3) is 0.556. The summed E-state index contributed by atoms with van der Waals surface area (Å²) in [6.45, 7) is 6.61. The third kappa shape index (κ3) is 2.65. The van der Waals surface area contributed by atoms with Gasteiger partial charge in [0.05, 0.1) is 19.4 Å². The molecule has 4 rings (SSSR count). The Bertz CT molecular complexity index is 858. The first-order valence-corrected chi connectivity index (χ1v) is 9.00. The van der Waals surface area contributed by atoms with Gasteiger partial charge in [-0.2, -0.15) is 5.10 Å². The molecule has 26 heavy (non-hydrogen) atoms. The number of rotatable bonds is 2. The highest BCUT2D eigenvalue weighted by Gasteiger charge is 2.48. The van der Waals surface area contributed by atoms with Gasteiger partial charge in [0.15, 0.2) is 5.65 Å². The number of carbonyl (C=O) groups excluding carboxylic acids is 2. The van der Waals surface area contributed by atoms with Crippen molar-refractivity contribution in [3.63, 3.8) is 0 Å². The van der Waals surface area contributed by atoms with Crippen LogP contribution in [0.15, 0.2) is 18.6 Å².